The van der Waals surface area contributed by atoms with Crippen LogP contribution in [0, 0.1) is 0 Å². The Balaban J connectivity index is 1.93. The van der Waals surface area contributed by atoms with Crippen LogP contribution in [-0.4, -0.2) is 14.3 Å². The van der Waals surface area contributed by atoms with E-state index in [4.69, 9.17) is 23.2 Å². The number of rotatable bonds is 3. The second-order valence-electron chi connectivity index (χ2n) is 5.07. The second kappa shape index (κ2) is 6.43. The molecule has 24 heavy (non-hydrogen) atoms. The Bertz CT molecular complexity index is 1050. The van der Waals surface area contributed by atoms with Crippen LogP contribution in [0.1, 0.15) is 10.4 Å². The van der Waals surface area contributed by atoms with Crippen molar-refractivity contribution >= 4 is 49.9 Å². The van der Waals surface area contributed by atoms with Crippen molar-refractivity contribution in [2.45, 2.75) is 4.90 Å². The number of hydrogen-bond acceptors (Lipinski definition) is 3. The molecule has 3 rings (SSSR count). The first-order valence-electron chi connectivity index (χ1n) is 6.88. The summed E-state index contributed by atoms with van der Waals surface area (Å²) in [6.07, 6.45) is 0. The third-order valence-corrected chi connectivity index (χ3v) is 5.31. The molecule has 4 nitrogen and oxygen atoms in total. The Kier molecular flexibility index (Phi) is 4.49. The molecule has 3 aromatic rings. The maximum absolute atomic E-state index is 12.4. The third-order valence-electron chi connectivity index (χ3n) is 3.43. The molecular weight excluding hydrogens is 369 g/mol. The van der Waals surface area contributed by atoms with Gasteiger partial charge in [-0.15, -0.1) is 0 Å². The molecule has 0 unspecified atom stereocenters. The summed E-state index contributed by atoms with van der Waals surface area (Å²) in [5, 5.41) is 2.10. The van der Waals surface area contributed by atoms with Crippen molar-refractivity contribution < 1.29 is 13.2 Å². The van der Waals surface area contributed by atoms with Crippen LogP contribution in [0.25, 0.3) is 10.8 Å². The minimum absolute atomic E-state index is 0.000337. The maximum atomic E-state index is 12.4. The van der Waals surface area contributed by atoms with Crippen molar-refractivity contribution in [3.8, 4) is 0 Å². The lowest BCUT2D eigenvalue weighted by Gasteiger charge is -2.09. The zero-order valence-corrected chi connectivity index (χ0v) is 14.5. The van der Waals surface area contributed by atoms with Crippen LogP contribution in [0.4, 0.5) is 0 Å². The Labute approximate surface area is 149 Å². The predicted octanol–water partition coefficient (Wildman–Crippen LogP) is 4.27. The number of nitrogens with one attached hydrogen (secondary N) is 1. The fraction of sp³-hybridized carbons (Fsp3) is 0. The van der Waals surface area contributed by atoms with Gasteiger partial charge in [0, 0.05) is 5.02 Å². The predicted molar refractivity (Wildman–Crippen MR) is 95.1 cm³/mol. The van der Waals surface area contributed by atoms with Crippen LogP contribution >= 0.6 is 23.2 Å². The lowest BCUT2D eigenvalue weighted by atomic mass is 10.1. The number of carbonyl (C=O) groups is 1. The molecule has 0 radical (unpaired) electrons. The van der Waals surface area contributed by atoms with Crippen LogP contribution in [0.3, 0.4) is 0 Å². The smallest absolute Gasteiger partial charge is 0.266 e. The van der Waals surface area contributed by atoms with E-state index in [0.717, 1.165) is 10.8 Å². The molecule has 0 aliphatic heterocycles. The van der Waals surface area contributed by atoms with Crippen LogP contribution in [-0.2, 0) is 10.0 Å². The second-order valence-corrected chi connectivity index (χ2v) is 7.59. The number of benzene rings is 3. The summed E-state index contributed by atoms with van der Waals surface area (Å²) in [6, 6.07) is 16.2. The fourth-order valence-electron chi connectivity index (χ4n) is 2.24. The van der Waals surface area contributed by atoms with Gasteiger partial charge in [-0.2, -0.15) is 0 Å². The van der Waals surface area contributed by atoms with E-state index in [-0.39, 0.29) is 15.5 Å². The Morgan fingerprint density at radius 2 is 1.58 bits per heavy atom. The topological polar surface area (TPSA) is 63.2 Å². The fourth-order valence-corrected chi connectivity index (χ4v) is 3.74. The number of hydrogen-bond donors (Lipinski definition) is 1. The van der Waals surface area contributed by atoms with Gasteiger partial charge in [0.05, 0.1) is 15.5 Å². The van der Waals surface area contributed by atoms with Gasteiger partial charge in [0.25, 0.3) is 15.9 Å². The van der Waals surface area contributed by atoms with Crippen molar-refractivity contribution in [3.05, 3.63) is 76.3 Å². The number of sulfonamides is 1. The summed E-state index contributed by atoms with van der Waals surface area (Å²) in [7, 11) is -4.02. The van der Waals surface area contributed by atoms with Crippen LogP contribution < -0.4 is 4.72 Å². The SMILES string of the molecule is O=C(NS(=O)(=O)c1ccc2ccccc2c1)c1ccc(Cl)cc1Cl. The molecule has 0 aromatic heterocycles. The highest BCUT2D eigenvalue weighted by Gasteiger charge is 2.20. The molecule has 0 fully saturated rings. The normalized spacial score (nSPS) is 11.4. The summed E-state index contributed by atoms with van der Waals surface area (Å²) >= 11 is 11.7. The first-order chi connectivity index (χ1) is 11.4. The van der Waals surface area contributed by atoms with Crippen LogP contribution in [0.2, 0.25) is 10.0 Å². The molecule has 0 aliphatic carbocycles. The summed E-state index contributed by atoms with van der Waals surface area (Å²) in [6.45, 7) is 0. The van der Waals surface area contributed by atoms with Crippen molar-refractivity contribution in [3.63, 3.8) is 0 Å². The van der Waals surface area contributed by atoms with Gasteiger partial charge in [-0.3, -0.25) is 4.79 Å². The quantitative estimate of drug-likeness (QED) is 0.738. The summed E-state index contributed by atoms with van der Waals surface area (Å²) in [5.74, 6) is -0.815. The minimum atomic E-state index is -4.02. The van der Waals surface area contributed by atoms with Crippen molar-refractivity contribution in [2.24, 2.45) is 0 Å². The van der Waals surface area contributed by atoms with Crippen molar-refractivity contribution in [1.82, 2.24) is 4.72 Å². The Morgan fingerprint density at radius 3 is 2.29 bits per heavy atom. The molecule has 0 aliphatic rings. The van der Waals surface area contributed by atoms with Gasteiger partial charge < -0.3 is 0 Å². The number of halogens is 2. The monoisotopic (exact) mass is 379 g/mol. The molecule has 0 bridgehead atoms. The molecule has 0 saturated heterocycles. The molecule has 1 N–H and O–H groups in total. The van der Waals surface area contributed by atoms with E-state index in [1.807, 2.05) is 22.9 Å². The van der Waals surface area contributed by atoms with Gasteiger partial charge in [-0.25, -0.2) is 13.1 Å². The van der Waals surface area contributed by atoms with E-state index in [9.17, 15) is 13.2 Å². The van der Waals surface area contributed by atoms with E-state index in [1.54, 1.807) is 12.1 Å². The number of fused-ring (bicyclic) bond motifs is 1. The van der Waals surface area contributed by atoms with Gasteiger partial charge >= 0.3 is 0 Å². The maximum Gasteiger partial charge on any atom is 0.266 e. The molecule has 0 atom stereocenters. The molecule has 0 heterocycles. The Morgan fingerprint density at radius 1 is 0.875 bits per heavy atom. The van der Waals surface area contributed by atoms with E-state index in [1.165, 1.54) is 30.3 Å². The van der Waals surface area contributed by atoms with E-state index < -0.39 is 15.9 Å². The first-order valence-corrected chi connectivity index (χ1v) is 9.12. The molecule has 1 amide bonds. The van der Waals surface area contributed by atoms with Gasteiger partial charge in [0.1, 0.15) is 0 Å². The highest BCUT2D eigenvalue weighted by Crippen LogP contribution is 2.22. The first kappa shape index (κ1) is 16.8. The summed E-state index contributed by atoms with van der Waals surface area (Å²) in [4.78, 5) is 12.2. The number of carbonyl (C=O) groups excluding carboxylic acids is 1. The van der Waals surface area contributed by atoms with Gasteiger partial charge in [0.2, 0.25) is 0 Å². The average Bonchev–Trinajstić information content (AvgIpc) is 2.53. The highest BCUT2D eigenvalue weighted by molar-refractivity contribution is 7.90. The molecular formula is C17H11Cl2NO3S. The van der Waals surface area contributed by atoms with Crippen molar-refractivity contribution in [2.75, 3.05) is 0 Å². The lowest BCUT2D eigenvalue weighted by molar-refractivity contribution is 0.0981. The van der Waals surface area contributed by atoms with Crippen LogP contribution in [0.5, 0.6) is 0 Å². The minimum Gasteiger partial charge on any atom is -0.268 e. The number of amides is 1. The zero-order chi connectivity index (χ0) is 17.3. The standard InChI is InChI=1S/C17H11Cl2NO3S/c18-13-6-8-15(16(19)10-13)17(21)20-24(22,23)14-7-5-11-3-1-2-4-12(11)9-14/h1-10H,(H,20,21). The average molecular weight is 380 g/mol. The van der Waals surface area contributed by atoms with Gasteiger partial charge in [-0.05, 0) is 41.1 Å². The summed E-state index contributed by atoms with van der Waals surface area (Å²) in [5.41, 5.74) is 0.0328. The largest absolute Gasteiger partial charge is 0.268 e. The highest BCUT2D eigenvalue weighted by atomic mass is 35.5. The molecule has 7 heteroatoms. The molecule has 122 valence electrons. The summed E-state index contributed by atoms with van der Waals surface area (Å²) < 4.78 is 26.9. The van der Waals surface area contributed by atoms with Gasteiger partial charge in [0.15, 0.2) is 0 Å². The van der Waals surface area contributed by atoms with E-state index in [0.29, 0.717) is 5.02 Å². The van der Waals surface area contributed by atoms with Crippen LogP contribution in [0.15, 0.2) is 65.6 Å². The molecule has 0 spiro atoms. The third kappa shape index (κ3) is 3.38. The Hall–Kier alpha value is -2.08. The zero-order valence-electron chi connectivity index (χ0n) is 12.2. The lowest BCUT2D eigenvalue weighted by Crippen LogP contribution is -2.30. The van der Waals surface area contributed by atoms with E-state index in [2.05, 4.69) is 0 Å². The van der Waals surface area contributed by atoms with E-state index >= 15 is 0 Å². The van der Waals surface area contributed by atoms with Crippen molar-refractivity contribution in [1.29, 1.82) is 0 Å². The molecule has 0 saturated carbocycles. The molecule has 3 aromatic carbocycles. The van der Waals surface area contributed by atoms with Gasteiger partial charge in [-0.1, -0.05) is 53.5 Å².